The van der Waals surface area contributed by atoms with Crippen molar-refractivity contribution in [2.24, 2.45) is 0 Å². The van der Waals surface area contributed by atoms with Crippen LogP contribution in [-0.2, 0) is 11.2 Å². The Bertz CT molecular complexity index is 800. The van der Waals surface area contributed by atoms with Gasteiger partial charge in [-0.3, -0.25) is 4.79 Å². The van der Waals surface area contributed by atoms with Crippen LogP contribution in [-0.4, -0.2) is 40.9 Å². The third-order valence-electron chi connectivity index (χ3n) is 4.20. The van der Waals surface area contributed by atoms with E-state index in [1.165, 1.54) is 6.07 Å². The van der Waals surface area contributed by atoms with Gasteiger partial charge < -0.3 is 30.7 Å². The molecule has 1 aliphatic rings. The average Bonchev–Trinajstić information content (AvgIpc) is 2.62. The first-order chi connectivity index (χ1) is 12.5. The van der Waals surface area contributed by atoms with Crippen molar-refractivity contribution < 1.29 is 24.9 Å². The fourth-order valence-corrected chi connectivity index (χ4v) is 2.92. The van der Waals surface area contributed by atoms with Gasteiger partial charge in [-0.15, -0.1) is 12.4 Å². The Labute approximate surface area is 163 Å². The second-order valence-corrected chi connectivity index (χ2v) is 6.21. The molecule has 0 aliphatic carbocycles. The van der Waals surface area contributed by atoms with Crippen molar-refractivity contribution in [2.45, 2.75) is 18.9 Å². The van der Waals surface area contributed by atoms with Gasteiger partial charge in [0.2, 0.25) is 0 Å². The first-order valence-electron chi connectivity index (χ1n) is 8.50. The number of carbonyl (C=O) groups is 1. The molecule has 3 rings (SSSR count). The maximum atomic E-state index is 11.4. The van der Waals surface area contributed by atoms with Crippen LogP contribution in [0.4, 0.5) is 5.69 Å². The van der Waals surface area contributed by atoms with Crippen molar-refractivity contribution in [3.8, 4) is 17.2 Å². The van der Waals surface area contributed by atoms with E-state index in [2.05, 4.69) is 10.6 Å². The van der Waals surface area contributed by atoms with E-state index in [0.717, 1.165) is 18.4 Å². The number of fused-ring (bicyclic) bond motifs is 1. The number of phenols is 2. The summed E-state index contributed by atoms with van der Waals surface area (Å²) < 4.78 is 5.38. The topological polar surface area (TPSA) is 111 Å². The maximum Gasteiger partial charge on any atom is 0.262 e. The van der Waals surface area contributed by atoms with E-state index in [1.807, 2.05) is 12.1 Å². The van der Waals surface area contributed by atoms with Crippen LogP contribution in [0.1, 0.15) is 23.7 Å². The number of amides is 1. The molecular weight excluding hydrogens is 372 g/mol. The molecule has 1 amide bonds. The Hall–Kier alpha value is -2.48. The van der Waals surface area contributed by atoms with Crippen molar-refractivity contribution in [2.75, 3.05) is 25.0 Å². The zero-order chi connectivity index (χ0) is 18.5. The summed E-state index contributed by atoms with van der Waals surface area (Å²) in [5.74, 6) is 0.126. The van der Waals surface area contributed by atoms with Crippen LogP contribution in [0.25, 0.3) is 0 Å². The number of aliphatic hydroxyl groups is 1. The Morgan fingerprint density at radius 2 is 2.04 bits per heavy atom. The molecule has 0 bridgehead atoms. The van der Waals surface area contributed by atoms with Crippen molar-refractivity contribution in [1.82, 2.24) is 5.32 Å². The van der Waals surface area contributed by atoms with Crippen LogP contribution < -0.4 is 15.4 Å². The number of benzene rings is 2. The van der Waals surface area contributed by atoms with Gasteiger partial charge in [0, 0.05) is 12.1 Å². The number of aliphatic hydroxyl groups excluding tert-OH is 1. The number of halogens is 1. The van der Waals surface area contributed by atoms with Gasteiger partial charge in [0.1, 0.15) is 17.2 Å². The first-order valence-corrected chi connectivity index (χ1v) is 8.50. The van der Waals surface area contributed by atoms with Gasteiger partial charge >= 0.3 is 0 Å². The minimum atomic E-state index is -0.833. The molecule has 1 unspecified atom stereocenters. The number of aryl methyl sites for hydroxylation is 1. The quantitative estimate of drug-likeness (QED) is 0.363. The highest BCUT2D eigenvalue weighted by atomic mass is 35.5. The van der Waals surface area contributed by atoms with Gasteiger partial charge in [0.15, 0.2) is 12.4 Å². The lowest BCUT2D eigenvalue weighted by Crippen LogP contribution is -2.28. The molecule has 146 valence electrons. The summed E-state index contributed by atoms with van der Waals surface area (Å²) in [6.07, 6.45) is 0.845. The zero-order valence-corrected chi connectivity index (χ0v) is 15.5. The summed E-state index contributed by atoms with van der Waals surface area (Å²) >= 11 is 0. The summed E-state index contributed by atoms with van der Waals surface area (Å²) in [5, 5.41) is 35.4. The predicted octanol–water partition coefficient (Wildman–Crippen LogP) is 2.11. The molecule has 0 saturated carbocycles. The molecule has 27 heavy (non-hydrogen) atoms. The molecule has 1 heterocycles. The number of anilines is 1. The summed E-state index contributed by atoms with van der Waals surface area (Å²) in [4.78, 5) is 11.4. The van der Waals surface area contributed by atoms with Crippen LogP contribution in [0.3, 0.4) is 0 Å². The van der Waals surface area contributed by atoms with Gasteiger partial charge in [0.25, 0.3) is 5.91 Å². The standard InChI is InChI=1S/C19H22N2O5.ClH/c22-13-5-1-3-12(9-13)4-2-8-20-10-16(24)14-6-7-15(23)18-19(14)26-11-17(25)21-18;/h1,3,5-7,9,16,20,22-24H,2,4,8,10-11H2,(H,21,25);1H. The van der Waals surface area contributed by atoms with Crippen molar-refractivity contribution in [3.63, 3.8) is 0 Å². The molecule has 0 spiro atoms. The van der Waals surface area contributed by atoms with E-state index in [9.17, 15) is 20.1 Å². The second-order valence-electron chi connectivity index (χ2n) is 6.21. The van der Waals surface area contributed by atoms with E-state index in [4.69, 9.17) is 4.74 Å². The number of hydrogen-bond acceptors (Lipinski definition) is 6. The third-order valence-corrected chi connectivity index (χ3v) is 4.20. The molecule has 5 N–H and O–H groups in total. The molecule has 7 nitrogen and oxygen atoms in total. The number of carbonyl (C=O) groups excluding carboxylic acids is 1. The molecule has 2 aromatic carbocycles. The first kappa shape index (κ1) is 20.8. The molecule has 1 aliphatic heterocycles. The highest BCUT2D eigenvalue weighted by molar-refractivity contribution is 5.97. The molecule has 0 aromatic heterocycles. The van der Waals surface area contributed by atoms with Gasteiger partial charge in [-0.1, -0.05) is 12.1 Å². The van der Waals surface area contributed by atoms with E-state index in [-0.39, 0.29) is 42.1 Å². The molecule has 1 atom stereocenters. The molecule has 0 fully saturated rings. The van der Waals surface area contributed by atoms with Gasteiger partial charge in [-0.05, 0) is 49.2 Å². The molecular formula is C19H23ClN2O5. The number of nitrogens with one attached hydrogen (secondary N) is 2. The molecule has 2 aromatic rings. The third kappa shape index (κ3) is 5.26. The number of ether oxygens (including phenoxy) is 1. The number of phenolic OH excluding ortho intramolecular Hbond substituents is 2. The summed E-state index contributed by atoms with van der Waals surface area (Å²) in [5.41, 5.74) is 1.77. The van der Waals surface area contributed by atoms with E-state index < -0.39 is 6.10 Å². The Kier molecular flexibility index (Phi) is 7.29. The fraction of sp³-hybridized carbons (Fsp3) is 0.316. The van der Waals surface area contributed by atoms with Crippen molar-refractivity contribution in [3.05, 3.63) is 47.5 Å². The van der Waals surface area contributed by atoms with Gasteiger partial charge in [-0.25, -0.2) is 0 Å². The SMILES string of the molecule is Cl.O=C1COc2c(C(O)CNCCCc3cccc(O)c3)ccc(O)c2N1. The van der Waals surface area contributed by atoms with Crippen LogP contribution in [0.2, 0.25) is 0 Å². The maximum absolute atomic E-state index is 11.4. The number of hydrogen-bond donors (Lipinski definition) is 5. The molecule has 0 radical (unpaired) electrons. The monoisotopic (exact) mass is 394 g/mol. The highest BCUT2D eigenvalue weighted by Crippen LogP contribution is 2.41. The molecule has 8 heteroatoms. The van der Waals surface area contributed by atoms with Crippen LogP contribution in [0.15, 0.2) is 36.4 Å². The lowest BCUT2D eigenvalue weighted by atomic mass is 10.0. The van der Waals surface area contributed by atoms with E-state index in [1.54, 1.807) is 18.2 Å². The van der Waals surface area contributed by atoms with Crippen LogP contribution >= 0.6 is 12.4 Å². The Morgan fingerprint density at radius 1 is 1.22 bits per heavy atom. The second kappa shape index (κ2) is 9.45. The normalized spacial score (nSPS) is 13.7. The Balaban J connectivity index is 0.00000261. The van der Waals surface area contributed by atoms with Gasteiger partial charge in [-0.2, -0.15) is 0 Å². The van der Waals surface area contributed by atoms with Crippen molar-refractivity contribution in [1.29, 1.82) is 0 Å². The van der Waals surface area contributed by atoms with E-state index in [0.29, 0.717) is 24.4 Å². The minimum absolute atomic E-state index is 0. The lowest BCUT2D eigenvalue weighted by Gasteiger charge is -2.23. The highest BCUT2D eigenvalue weighted by Gasteiger charge is 2.25. The Morgan fingerprint density at radius 3 is 2.81 bits per heavy atom. The van der Waals surface area contributed by atoms with E-state index >= 15 is 0 Å². The summed E-state index contributed by atoms with van der Waals surface area (Å²) in [6, 6.07) is 10.2. The number of rotatable bonds is 7. The minimum Gasteiger partial charge on any atom is -0.508 e. The molecule has 0 saturated heterocycles. The number of aromatic hydroxyl groups is 2. The zero-order valence-electron chi connectivity index (χ0n) is 14.6. The summed E-state index contributed by atoms with van der Waals surface area (Å²) in [7, 11) is 0. The summed E-state index contributed by atoms with van der Waals surface area (Å²) in [6.45, 7) is 0.868. The van der Waals surface area contributed by atoms with Crippen LogP contribution in [0, 0.1) is 0 Å². The lowest BCUT2D eigenvalue weighted by molar-refractivity contribution is -0.118. The predicted molar refractivity (Wildman–Crippen MR) is 104 cm³/mol. The van der Waals surface area contributed by atoms with Gasteiger partial charge in [0.05, 0.1) is 6.10 Å². The smallest absolute Gasteiger partial charge is 0.262 e. The van der Waals surface area contributed by atoms with Crippen molar-refractivity contribution >= 4 is 24.0 Å². The fourth-order valence-electron chi connectivity index (χ4n) is 2.92. The largest absolute Gasteiger partial charge is 0.508 e. The average molecular weight is 395 g/mol. The van der Waals surface area contributed by atoms with Crippen LogP contribution in [0.5, 0.6) is 17.2 Å².